The molecule has 0 aromatic rings. The van der Waals surface area contributed by atoms with Crippen molar-refractivity contribution in [3.8, 4) is 0 Å². The van der Waals surface area contributed by atoms with Gasteiger partial charge < -0.3 is 10.1 Å². The molecule has 0 spiro atoms. The molecular weight excluding hydrogens is 202 g/mol. The molecule has 0 saturated heterocycles. The van der Waals surface area contributed by atoms with Crippen molar-refractivity contribution >= 4 is 5.97 Å². The van der Waals surface area contributed by atoms with Crippen LogP contribution in [0.25, 0.3) is 0 Å². The van der Waals surface area contributed by atoms with Crippen LogP contribution in [-0.2, 0) is 9.53 Å². The van der Waals surface area contributed by atoms with Gasteiger partial charge >= 0.3 is 5.97 Å². The average molecular weight is 227 g/mol. The van der Waals surface area contributed by atoms with Crippen LogP contribution in [0, 0.1) is 5.92 Å². The highest BCUT2D eigenvalue weighted by molar-refractivity contribution is 5.69. The van der Waals surface area contributed by atoms with Gasteiger partial charge in [0, 0.05) is 6.04 Å². The van der Waals surface area contributed by atoms with Crippen molar-refractivity contribution in [2.75, 3.05) is 13.7 Å². The molecule has 1 aliphatic rings. The minimum Gasteiger partial charge on any atom is -0.469 e. The van der Waals surface area contributed by atoms with Gasteiger partial charge in [-0.05, 0) is 32.2 Å². The fourth-order valence-corrected chi connectivity index (χ4v) is 2.44. The van der Waals surface area contributed by atoms with Gasteiger partial charge in [-0.1, -0.05) is 25.7 Å². The maximum atomic E-state index is 11.0. The lowest BCUT2D eigenvalue weighted by molar-refractivity contribution is -0.141. The summed E-state index contributed by atoms with van der Waals surface area (Å²) in [6.45, 7) is 3.06. The predicted molar refractivity (Wildman–Crippen MR) is 65.3 cm³/mol. The Morgan fingerprint density at radius 1 is 1.44 bits per heavy atom. The summed E-state index contributed by atoms with van der Waals surface area (Å²) < 4.78 is 4.63. The molecule has 1 unspecified atom stereocenters. The van der Waals surface area contributed by atoms with E-state index >= 15 is 0 Å². The van der Waals surface area contributed by atoms with E-state index in [0.717, 1.165) is 12.5 Å². The van der Waals surface area contributed by atoms with Crippen LogP contribution >= 0.6 is 0 Å². The van der Waals surface area contributed by atoms with Crippen molar-refractivity contribution in [3.63, 3.8) is 0 Å². The summed E-state index contributed by atoms with van der Waals surface area (Å²) in [6, 6.07) is 0.232. The highest BCUT2D eigenvalue weighted by Crippen LogP contribution is 2.28. The van der Waals surface area contributed by atoms with E-state index in [1.165, 1.54) is 45.6 Å². The van der Waals surface area contributed by atoms with Gasteiger partial charge in [-0.2, -0.15) is 0 Å². The lowest BCUT2D eigenvalue weighted by Gasteiger charge is -2.13. The third-order valence-electron chi connectivity index (χ3n) is 3.46. The Labute approximate surface area is 98.9 Å². The Bertz CT molecular complexity index is 200. The predicted octanol–water partition coefficient (Wildman–Crippen LogP) is 2.50. The fraction of sp³-hybridized carbons (Fsp3) is 0.923. The SMILES string of the molecule is COC(=O)CC(C)NCCCC1CCCC1. The van der Waals surface area contributed by atoms with Gasteiger partial charge in [0.2, 0.25) is 0 Å². The lowest BCUT2D eigenvalue weighted by atomic mass is 10.0. The van der Waals surface area contributed by atoms with E-state index in [9.17, 15) is 4.79 Å². The van der Waals surface area contributed by atoms with Crippen molar-refractivity contribution in [2.45, 2.75) is 57.9 Å². The van der Waals surface area contributed by atoms with Crippen LogP contribution in [0.15, 0.2) is 0 Å². The van der Waals surface area contributed by atoms with Crippen LogP contribution in [0.4, 0.5) is 0 Å². The maximum Gasteiger partial charge on any atom is 0.307 e. The molecule has 94 valence electrons. The molecule has 1 fully saturated rings. The van der Waals surface area contributed by atoms with E-state index in [-0.39, 0.29) is 12.0 Å². The molecule has 1 atom stereocenters. The van der Waals surface area contributed by atoms with Crippen molar-refractivity contribution in [1.29, 1.82) is 0 Å². The van der Waals surface area contributed by atoms with Crippen LogP contribution < -0.4 is 5.32 Å². The van der Waals surface area contributed by atoms with Gasteiger partial charge in [-0.25, -0.2) is 0 Å². The third-order valence-corrected chi connectivity index (χ3v) is 3.46. The first-order valence-corrected chi connectivity index (χ1v) is 6.52. The molecule has 1 saturated carbocycles. The largest absolute Gasteiger partial charge is 0.469 e. The molecule has 0 radical (unpaired) electrons. The van der Waals surface area contributed by atoms with Crippen LogP contribution in [-0.4, -0.2) is 25.7 Å². The van der Waals surface area contributed by atoms with Gasteiger partial charge in [0.1, 0.15) is 0 Å². The number of carbonyl (C=O) groups is 1. The van der Waals surface area contributed by atoms with Gasteiger partial charge in [-0.3, -0.25) is 4.79 Å². The number of hydrogen-bond acceptors (Lipinski definition) is 3. The van der Waals surface area contributed by atoms with Crippen LogP contribution in [0.1, 0.15) is 51.9 Å². The number of carbonyl (C=O) groups excluding carboxylic acids is 1. The highest BCUT2D eigenvalue weighted by Gasteiger charge is 2.14. The topological polar surface area (TPSA) is 38.3 Å². The molecule has 0 heterocycles. The maximum absolute atomic E-state index is 11.0. The number of ether oxygens (including phenoxy) is 1. The monoisotopic (exact) mass is 227 g/mol. The smallest absolute Gasteiger partial charge is 0.307 e. The Kier molecular flexibility index (Phi) is 6.46. The van der Waals surface area contributed by atoms with E-state index in [1.54, 1.807) is 0 Å². The molecule has 0 aromatic carbocycles. The number of nitrogens with one attached hydrogen (secondary N) is 1. The molecule has 0 bridgehead atoms. The highest BCUT2D eigenvalue weighted by atomic mass is 16.5. The number of methoxy groups -OCH3 is 1. The zero-order valence-corrected chi connectivity index (χ0v) is 10.6. The molecular formula is C13H25NO2. The molecule has 16 heavy (non-hydrogen) atoms. The van der Waals surface area contributed by atoms with Crippen molar-refractivity contribution in [1.82, 2.24) is 5.32 Å². The van der Waals surface area contributed by atoms with Crippen molar-refractivity contribution in [2.24, 2.45) is 5.92 Å². The van der Waals surface area contributed by atoms with E-state index in [0.29, 0.717) is 6.42 Å². The minimum absolute atomic E-state index is 0.129. The number of hydrogen-bond donors (Lipinski definition) is 1. The van der Waals surface area contributed by atoms with Gasteiger partial charge in [0.15, 0.2) is 0 Å². The minimum atomic E-state index is -0.129. The Balaban J connectivity index is 1.95. The van der Waals surface area contributed by atoms with E-state index in [4.69, 9.17) is 0 Å². The summed E-state index contributed by atoms with van der Waals surface area (Å²) in [6.07, 6.45) is 8.76. The fourth-order valence-electron chi connectivity index (χ4n) is 2.44. The molecule has 1 rings (SSSR count). The first-order valence-electron chi connectivity index (χ1n) is 6.52. The van der Waals surface area contributed by atoms with Gasteiger partial charge in [-0.15, -0.1) is 0 Å². The van der Waals surface area contributed by atoms with Crippen molar-refractivity contribution in [3.05, 3.63) is 0 Å². The molecule has 3 heteroatoms. The molecule has 1 N–H and O–H groups in total. The summed E-state index contributed by atoms with van der Waals surface area (Å²) in [5.41, 5.74) is 0. The van der Waals surface area contributed by atoms with Gasteiger partial charge in [0.05, 0.1) is 13.5 Å². The second-order valence-electron chi connectivity index (χ2n) is 4.93. The van der Waals surface area contributed by atoms with Crippen molar-refractivity contribution < 1.29 is 9.53 Å². The summed E-state index contributed by atoms with van der Waals surface area (Å²) in [5.74, 6) is 0.841. The third kappa shape index (κ3) is 5.50. The van der Waals surface area contributed by atoms with E-state index in [2.05, 4.69) is 10.1 Å². The normalized spacial score (nSPS) is 18.6. The first kappa shape index (κ1) is 13.5. The average Bonchev–Trinajstić information content (AvgIpc) is 2.77. The lowest BCUT2D eigenvalue weighted by Crippen LogP contribution is -2.29. The van der Waals surface area contributed by atoms with Crippen LogP contribution in [0.2, 0.25) is 0 Å². The number of esters is 1. The summed E-state index contributed by atoms with van der Waals surface area (Å²) in [5, 5.41) is 3.37. The zero-order chi connectivity index (χ0) is 11.8. The Morgan fingerprint density at radius 2 is 2.12 bits per heavy atom. The molecule has 0 amide bonds. The number of rotatable bonds is 7. The quantitative estimate of drug-likeness (QED) is 0.536. The Morgan fingerprint density at radius 3 is 2.75 bits per heavy atom. The van der Waals surface area contributed by atoms with E-state index in [1.807, 2.05) is 6.92 Å². The molecule has 0 aromatic heterocycles. The van der Waals surface area contributed by atoms with Crippen LogP contribution in [0.3, 0.4) is 0 Å². The second kappa shape index (κ2) is 7.66. The van der Waals surface area contributed by atoms with Gasteiger partial charge in [0.25, 0.3) is 0 Å². The second-order valence-corrected chi connectivity index (χ2v) is 4.93. The standard InChI is InChI=1S/C13H25NO2/c1-11(10-13(15)16-2)14-9-5-8-12-6-3-4-7-12/h11-12,14H,3-10H2,1-2H3. The molecule has 1 aliphatic carbocycles. The summed E-state index contributed by atoms with van der Waals surface area (Å²) in [7, 11) is 1.44. The Hall–Kier alpha value is -0.570. The van der Waals surface area contributed by atoms with E-state index < -0.39 is 0 Å². The summed E-state index contributed by atoms with van der Waals surface area (Å²) in [4.78, 5) is 11.0. The van der Waals surface area contributed by atoms with Crippen LogP contribution in [0.5, 0.6) is 0 Å². The first-order chi connectivity index (χ1) is 7.72. The zero-order valence-electron chi connectivity index (χ0n) is 10.6. The molecule has 0 aliphatic heterocycles. The molecule has 3 nitrogen and oxygen atoms in total. The summed E-state index contributed by atoms with van der Waals surface area (Å²) >= 11 is 0.